The number of alkyl halides is 1. The van der Waals surface area contributed by atoms with Gasteiger partial charge in [0.15, 0.2) is 0 Å². The van der Waals surface area contributed by atoms with Gasteiger partial charge in [0.05, 0.1) is 5.88 Å². The number of nitrogens with zero attached hydrogens (tertiary/aromatic N) is 1. The highest BCUT2D eigenvalue weighted by atomic mass is 79.9. The molecule has 0 aliphatic carbocycles. The fourth-order valence-electron chi connectivity index (χ4n) is 2.00. The van der Waals surface area contributed by atoms with Gasteiger partial charge in [-0.1, -0.05) is 30.3 Å². The van der Waals surface area contributed by atoms with Gasteiger partial charge in [-0.2, -0.15) is 0 Å². The molecule has 3 aromatic rings. The molecule has 2 aromatic carbocycles. The molecule has 0 unspecified atom stereocenters. The lowest BCUT2D eigenvalue weighted by molar-refractivity contribution is 0.459. The maximum Gasteiger partial charge on any atom is 0.223 e. The number of rotatable bonds is 3. The van der Waals surface area contributed by atoms with Crippen LogP contribution in [0, 0.1) is 0 Å². The third-order valence-corrected chi connectivity index (χ3v) is 3.69. The zero-order valence-electron chi connectivity index (χ0n) is 10.5. The minimum Gasteiger partial charge on any atom is -0.439 e. The van der Waals surface area contributed by atoms with Crippen LogP contribution in [0.4, 0.5) is 0 Å². The minimum atomic E-state index is 0.357. The quantitative estimate of drug-likeness (QED) is 0.581. The van der Waals surface area contributed by atoms with Gasteiger partial charge in [-0.25, -0.2) is 4.98 Å². The molecule has 1 heterocycles. The first kappa shape index (κ1) is 13.4. The zero-order valence-corrected chi connectivity index (χ0v) is 12.9. The van der Waals surface area contributed by atoms with E-state index in [0.29, 0.717) is 11.8 Å². The van der Waals surface area contributed by atoms with Crippen LogP contribution in [0.1, 0.15) is 5.56 Å². The van der Waals surface area contributed by atoms with Crippen LogP contribution in [0.15, 0.2) is 59.2 Å². The molecule has 2 nitrogen and oxygen atoms in total. The van der Waals surface area contributed by atoms with Crippen LogP contribution in [0.3, 0.4) is 0 Å². The van der Waals surface area contributed by atoms with E-state index < -0.39 is 0 Å². The Kier molecular flexibility index (Phi) is 3.90. The summed E-state index contributed by atoms with van der Waals surface area (Å²) >= 11 is 9.30. The maximum absolute atomic E-state index is 5.92. The number of ether oxygens (including phenoxy) is 1. The molecule has 0 N–H and O–H groups in total. The molecule has 100 valence electrons. The number of pyridine rings is 1. The average Bonchev–Trinajstić information content (AvgIpc) is 2.49. The highest BCUT2D eigenvalue weighted by Gasteiger charge is 2.07. The number of hydrogen-bond acceptors (Lipinski definition) is 2. The van der Waals surface area contributed by atoms with Crippen molar-refractivity contribution >= 4 is 38.3 Å². The smallest absolute Gasteiger partial charge is 0.223 e. The average molecular weight is 349 g/mol. The second kappa shape index (κ2) is 5.81. The SMILES string of the molecule is ClCc1cc(Br)cnc1Oc1ccc2ccccc2c1. The summed E-state index contributed by atoms with van der Waals surface area (Å²) in [4.78, 5) is 4.27. The Morgan fingerprint density at radius 1 is 1.05 bits per heavy atom. The van der Waals surface area contributed by atoms with Gasteiger partial charge in [-0.15, -0.1) is 11.6 Å². The van der Waals surface area contributed by atoms with Crippen molar-refractivity contribution in [3.63, 3.8) is 0 Å². The molecule has 0 aliphatic rings. The van der Waals surface area contributed by atoms with E-state index in [-0.39, 0.29) is 0 Å². The largest absolute Gasteiger partial charge is 0.439 e. The third-order valence-electron chi connectivity index (χ3n) is 2.97. The second-order valence-corrected chi connectivity index (χ2v) is 5.55. The number of fused-ring (bicyclic) bond motifs is 1. The maximum atomic E-state index is 5.92. The van der Waals surface area contributed by atoms with Gasteiger partial charge in [0, 0.05) is 16.2 Å². The van der Waals surface area contributed by atoms with Crippen molar-refractivity contribution in [1.29, 1.82) is 0 Å². The molecule has 0 saturated heterocycles. The molecule has 20 heavy (non-hydrogen) atoms. The molecule has 0 fully saturated rings. The first-order valence-electron chi connectivity index (χ1n) is 6.13. The summed E-state index contributed by atoms with van der Waals surface area (Å²) in [6, 6.07) is 16.0. The molecule has 4 heteroatoms. The van der Waals surface area contributed by atoms with Gasteiger partial charge < -0.3 is 4.74 Å². The van der Waals surface area contributed by atoms with Crippen LogP contribution in [-0.4, -0.2) is 4.98 Å². The van der Waals surface area contributed by atoms with Crippen LogP contribution in [0.2, 0.25) is 0 Å². The Balaban J connectivity index is 1.96. The summed E-state index contributed by atoms with van der Waals surface area (Å²) in [5.41, 5.74) is 0.856. The van der Waals surface area contributed by atoms with E-state index in [1.165, 1.54) is 5.39 Å². The summed E-state index contributed by atoms with van der Waals surface area (Å²) in [6.07, 6.45) is 1.70. The fourth-order valence-corrected chi connectivity index (χ4v) is 2.57. The molecule has 0 bridgehead atoms. The molecule has 0 spiro atoms. The van der Waals surface area contributed by atoms with Crippen molar-refractivity contribution in [2.45, 2.75) is 5.88 Å². The van der Waals surface area contributed by atoms with Gasteiger partial charge in [0.2, 0.25) is 5.88 Å². The van der Waals surface area contributed by atoms with Crippen LogP contribution < -0.4 is 4.74 Å². The molecule has 0 amide bonds. The molecule has 1 aromatic heterocycles. The Labute approximate surface area is 130 Å². The lowest BCUT2D eigenvalue weighted by Gasteiger charge is -2.09. The van der Waals surface area contributed by atoms with E-state index in [1.54, 1.807) is 6.20 Å². The molecular formula is C16H11BrClNO. The second-order valence-electron chi connectivity index (χ2n) is 4.36. The normalized spacial score (nSPS) is 10.7. The van der Waals surface area contributed by atoms with E-state index in [2.05, 4.69) is 33.0 Å². The molecular weight excluding hydrogens is 338 g/mol. The first-order valence-corrected chi connectivity index (χ1v) is 7.46. The summed E-state index contributed by atoms with van der Waals surface area (Å²) in [5.74, 6) is 1.65. The monoisotopic (exact) mass is 347 g/mol. The zero-order chi connectivity index (χ0) is 13.9. The van der Waals surface area contributed by atoms with Crippen molar-refractivity contribution < 1.29 is 4.74 Å². The standard InChI is InChI=1S/C16H11BrClNO/c17-14-7-13(9-18)16(19-10-14)20-15-6-5-11-3-1-2-4-12(11)8-15/h1-8,10H,9H2. The van der Waals surface area contributed by atoms with Crippen molar-refractivity contribution in [2.75, 3.05) is 0 Å². The van der Waals surface area contributed by atoms with Gasteiger partial charge in [0.25, 0.3) is 0 Å². The summed E-state index contributed by atoms with van der Waals surface area (Å²) in [5, 5.41) is 2.32. The Hall–Kier alpha value is -1.58. The van der Waals surface area contributed by atoms with Crippen molar-refractivity contribution in [3.8, 4) is 11.6 Å². The predicted molar refractivity (Wildman–Crippen MR) is 85.5 cm³/mol. The topological polar surface area (TPSA) is 22.1 Å². The molecule has 0 saturated carbocycles. The molecule has 0 aliphatic heterocycles. The van der Waals surface area contributed by atoms with Gasteiger partial charge in [-0.3, -0.25) is 0 Å². The van der Waals surface area contributed by atoms with Crippen LogP contribution in [0.25, 0.3) is 10.8 Å². The number of hydrogen-bond donors (Lipinski definition) is 0. The molecule has 0 atom stereocenters. The highest BCUT2D eigenvalue weighted by molar-refractivity contribution is 9.10. The lowest BCUT2D eigenvalue weighted by atomic mass is 10.1. The van der Waals surface area contributed by atoms with Crippen LogP contribution in [-0.2, 0) is 5.88 Å². The highest BCUT2D eigenvalue weighted by Crippen LogP contribution is 2.28. The summed E-state index contributed by atoms with van der Waals surface area (Å²) in [7, 11) is 0. The van der Waals surface area contributed by atoms with Gasteiger partial charge in [0.1, 0.15) is 5.75 Å². The lowest BCUT2D eigenvalue weighted by Crippen LogP contribution is -1.93. The molecule has 3 rings (SSSR count). The predicted octanol–water partition coefficient (Wildman–Crippen LogP) is 5.53. The van der Waals surface area contributed by atoms with Crippen LogP contribution >= 0.6 is 27.5 Å². The van der Waals surface area contributed by atoms with E-state index in [9.17, 15) is 0 Å². The molecule has 0 radical (unpaired) electrons. The van der Waals surface area contributed by atoms with E-state index in [4.69, 9.17) is 16.3 Å². The Morgan fingerprint density at radius 3 is 2.65 bits per heavy atom. The van der Waals surface area contributed by atoms with E-state index >= 15 is 0 Å². The minimum absolute atomic E-state index is 0.357. The van der Waals surface area contributed by atoms with Crippen molar-refractivity contribution in [3.05, 3.63) is 64.8 Å². The van der Waals surface area contributed by atoms with Crippen LogP contribution in [0.5, 0.6) is 11.6 Å². The van der Waals surface area contributed by atoms with E-state index in [0.717, 1.165) is 21.2 Å². The first-order chi connectivity index (χ1) is 9.76. The van der Waals surface area contributed by atoms with Gasteiger partial charge in [-0.05, 0) is 44.9 Å². The Bertz CT molecular complexity index is 760. The number of benzene rings is 2. The summed E-state index contributed by atoms with van der Waals surface area (Å²) in [6.45, 7) is 0. The van der Waals surface area contributed by atoms with Gasteiger partial charge >= 0.3 is 0 Å². The fraction of sp³-hybridized carbons (Fsp3) is 0.0625. The number of halogens is 2. The third kappa shape index (κ3) is 2.79. The van der Waals surface area contributed by atoms with Crippen molar-refractivity contribution in [2.24, 2.45) is 0 Å². The summed E-state index contributed by atoms with van der Waals surface area (Å²) < 4.78 is 6.74. The van der Waals surface area contributed by atoms with E-state index in [1.807, 2.05) is 36.4 Å². The number of aromatic nitrogens is 1. The van der Waals surface area contributed by atoms with Crippen molar-refractivity contribution in [1.82, 2.24) is 4.98 Å². The Morgan fingerprint density at radius 2 is 1.85 bits per heavy atom.